The smallest absolute Gasteiger partial charge is 0.224 e. The zero-order valence-corrected chi connectivity index (χ0v) is 18.3. The Kier molecular flexibility index (Phi) is 7.22. The predicted molar refractivity (Wildman–Crippen MR) is 119 cm³/mol. The number of thioether (sulfide) groups is 1. The van der Waals surface area contributed by atoms with E-state index in [0.29, 0.717) is 23.6 Å². The van der Waals surface area contributed by atoms with Gasteiger partial charge in [-0.25, -0.2) is 0 Å². The van der Waals surface area contributed by atoms with Gasteiger partial charge >= 0.3 is 0 Å². The Morgan fingerprint density at radius 2 is 1.93 bits per heavy atom. The molecule has 152 valence electrons. The molecule has 0 fully saturated rings. The first kappa shape index (κ1) is 21.3. The molecular weight excluding hydrogens is 404 g/mol. The van der Waals surface area contributed by atoms with E-state index in [1.807, 2.05) is 42.9 Å². The zero-order chi connectivity index (χ0) is 20.8. The van der Waals surface area contributed by atoms with Crippen molar-refractivity contribution in [1.82, 2.24) is 14.8 Å². The fourth-order valence-electron chi connectivity index (χ4n) is 2.80. The van der Waals surface area contributed by atoms with Crippen LogP contribution in [0.15, 0.2) is 46.9 Å². The van der Waals surface area contributed by atoms with Gasteiger partial charge in [0.05, 0.1) is 10.6 Å². The number of hydrogen-bond donors (Lipinski definition) is 1. The molecular formula is C21H24N4O2S2. The van der Waals surface area contributed by atoms with Crippen LogP contribution in [-0.2, 0) is 11.3 Å². The van der Waals surface area contributed by atoms with Crippen LogP contribution < -0.4 is 5.32 Å². The van der Waals surface area contributed by atoms with E-state index in [1.54, 1.807) is 35.6 Å². The summed E-state index contributed by atoms with van der Waals surface area (Å²) in [7, 11) is 0. The first-order chi connectivity index (χ1) is 14.0. The highest BCUT2D eigenvalue weighted by Crippen LogP contribution is 2.27. The molecule has 29 heavy (non-hydrogen) atoms. The second-order valence-electron chi connectivity index (χ2n) is 6.96. The van der Waals surface area contributed by atoms with Gasteiger partial charge in [-0.15, -0.1) is 21.5 Å². The van der Waals surface area contributed by atoms with Crippen molar-refractivity contribution in [2.24, 2.45) is 5.92 Å². The van der Waals surface area contributed by atoms with Crippen LogP contribution in [0, 0.1) is 5.92 Å². The number of Topliss-reactive ketones (excluding diaryl/α,β-unsaturated/α-hetero) is 1. The number of carbonyl (C=O) groups is 2. The molecule has 0 radical (unpaired) electrons. The molecule has 8 heteroatoms. The lowest BCUT2D eigenvalue weighted by molar-refractivity contribution is -0.116. The van der Waals surface area contributed by atoms with Crippen LogP contribution in [0.25, 0.3) is 10.7 Å². The summed E-state index contributed by atoms with van der Waals surface area (Å²) in [6, 6.07) is 11.0. The number of carbonyl (C=O) groups excluding carboxylic acids is 2. The van der Waals surface area contributed by atoms with E-state index < -0.39 is 0 Å². The number of hydrogen-bond acceptors (Lipinski definition) is 6. The number of anilines is 1. The second-order valence-corrected chi connectivity index (χ2v) is 8.85. The van der Waals surface area contributed by atoms with E-state index in [0.717, 1.165) is 22.4 Å². The summed E-state index contributed by atoms with van der Waals surface area (Å²) in [6.07, 6.45) is 0.475. The van der Waals surface area contributed by atoms with E-state index >= 15 is 0 Å². The summed E-state index contributed by atoms with van der Waals surface area (Å²) in [5, 5.41) is 14.2. The topological polar surface area (TPSA) is 76.9 Å². The number of aromatic nitrogens is 3. The Bertz CT molecular complexity index is 963. The van der Waals surface area contributed by atoms with Gasteiger partial charge in [0, 0.05) is 24.2 Å². The highest BCUT2D eigenvalue weighted by atomic mass is 32.2. The lowest BCUT2D eigenvalue weighted by Crippen LogP contribution is -2.14. The van der Waals surface area contributed by atoms with Crippen LogP contribution >= 0.6 is 23.1 Å². The summed E-state index contributed by atoms with van der Waals surface area (Å²) in [5.74, 6) is 1.41. The highest BCUT2D eigenvalue weighted by molar-refractivity contribution is 7.99. The fraction of sp³-hybridized carbons (Fsp3) is 0.333. The SMILES string of the molecule is CCn1c(SCC(=O)c2ccc(NC(=O)CC(C)C)cc2)nnc1-c1cccs1. The summed E-state index contributed by atoms with van der Waals surface area (Å²) in [4.78, 5) is 25.5. The van der Waals surface area contributed by atoms with Crippen molar-refractivity contribution in [2.75, 3.05) is 11.1 Å². The van der Waals surface area contributed by atoms with Gasteiger partial charge in [0.1, 0.15) is 0 Å². The average molecular weight is 429 g/mol. The molecule has 2 aromatic heterocycles. The molecule has 3 rings (SSSR count). The third kappa shape index (κ3) is 5.55. The maximum absolute atomic E-state index is 12.6. The fourth-order valence-corrected chi connectivity index (χ4v) is 4.42. The molecule has 6 nitrogen and oxygen atoms in total. The standard InChI is InChI=1S/C21H24N4O2S2/c1-4-25-20(18-6-5-11-28-18)23-24-21(25)29-13-17(26)15-7-9-16(10-8-15)22-19(27)12-14(2)3/h5-11,14H,4,12-13H2,1-3H3,(H,22,27). The van der Waals surface area contributed by atoms with Crippen molar-refractivity contribution in [3.05, 3.63) is 47.3 Å². The molecule has 0 saturated heterocycles. The molecule has 0 saturated carbocycles. The molecule has 0 atom stereocenters. The van der Waals surface area contributed by atoms with Gasteiger partial charge < -0.3 is 9.88 Å². The van der Waals surface area contributed by atoms with Gasteiger partial charge in [0.2, 0.25) is 5.91 Å². The molecule has 0 spiro atoms. The van der Waals surface area contributed by atoms with Crippen molar-refractivity contribution in [1.29, 1.82) is 0 Å². The number of amides is 1. The molecule has 0 aliphatic heterocycles. The third-order valence-electron chi connectivity index (χ3n) is 4.19. The number of benzene rings is 1. The molecule has 1 N–H and O–H groups in total. The second kappa shape index (κ2) is 9.84. The lowest BCUT2D eigenvalue weighted by Gasteiger charge is -2.08. The molecule has 2 heterocycles. The van der Waals surface area contributed by atoms with Gasteiger partial charge in [0.25, 0.3) is 0 Å². The first-order valence-electron chi connectivity index (χ1n) is 9.51. The average Bonchev–Trinajstić information content (AvgIpc) is 3.35. The van der Waals surface area contributed by atoms with Gasteiger partial charge in [-0.05, 0) is 48.6 Å². The van der Waals surface area contributed by atoms with E-state index in [4.69, 9.17) is 0 Å². The summed E-state index contributed by atoms with van der Waals surface area (Å²) in [5.41, 5.74) is 1.31. The van der Waals surface area contributed by atoms with E-state index in [-0.39, 0.29) is 17.4 Å². The van der Waals surface area contributed by atoms with Gasteiger partial charge in [-0.2, -0.15) is 0 Å². The normalized spacial score (nSPS) is 11.0. The van der Waals surface area contributed by atoms with Gasteiger partial charge in [-0.3, -0.25) is 9.59 Å². The quantitative estimate of drug-likeness (QED) is 0.384. The Hall–Kier alpha value is -2.45. The molecule has 0 aliphatic carbocycles. The Labute approximate surface area is 178 Å². The van der Waals surface area contributed by atoms with Crippen molar-refractivity contribution >= 4 is 40.5 Å². The minimum absolute atomic E-state index is 0.0124. The number of thiophene rings is 1. The van der Waals surface area contributed by atoms with E-state index in [9.17, 15) is 9.59 Å². The summed E-state index contributed by atoms with van der Waals surface area (Å²) >= 11 is 3.01. The van der Waals surface area contributed by atoms with Crippen LogP contribution in [0.4, 0.5) is 5.69 Å². The lowest BCUT2D eigenvalue weighted by atomic mass is 10.1. The third-order valence-corrected chi connectivity index (χ3v) is 6.02. The maximum atomic E-state index is 12.6. The Balaban J connectivity index is 1.60. The van der Waals surface area contributed by atoms with Crippen LogP contribution in [0.5, 0.6) is 0 Å². The number of nitrogens with one attached hydrogen (secondary N) is 1. The van der Waals surface area contributed by atoms with Crippen LogP contribution in [-0.4, -0.2) is 32.2 Å². The number of ketones is 1. The molecule has 0 bridgehead atoms. The Morgan fingerprint density at radius 1 is 1.17 bits per heavy atom. The van der Waals surface area contributed by atoms with Crippen molar-refractivity contribution < 1.29 is 9.59 Å². The van der Waals surface area contributed by atoms with E-state index in [1.165, 1.54) is 11.8 Å². The van der Waals surface area contributed by atoms with E-state index in [2.05, 4.69) is 15.5 Å². The monoisotopic (exact) mass is 428 g/mol. The summed E-state index contributed by atoms with van der Waals surface area (Å²) < 4.78 is 2.02. The first-order valence-corrected chi connectivity index (χ1v) is 11.4. The predicted octanol–water partition coefficient (Wildman–Crippen LogP) is 4.99. The molecule has 0 unspecified atom stereocenters. The van der Waals surface area contributed by atoms with Gasteiger partial charge in [0.15, 0.2) is 16.8 Å². The van der Waals surface area contributed by atoms with Crippen molar-refractivity contribution in [2.45, 2.75) is 38.9 Å². The largest absolute Gasteiger partial charge is 0.326 e. The Morgan fingerprint density at radius 3 is 2.55 bits per heavy atom. The summed E-state index contributed by atoms with van der Waals surface area (Å²) in [6.45, 7) is 6.78. The minimum Gasteiger partial charge on any atom is -0.326 e. The molecule has 3 aromatic rings. The van der Waals surface area contributed by atoms with Gasteiger partial charge in [-0.1, -0.05) is 31.7 Å². The highest BCUT2D eigenvalue weighted by Gasteiger charge is 2.16. The zero-order valence-electron chi connectivity index (χ0n) is 16.7. The molecule has 1 aromatic carbocycles. The van der Waals surface area contributed by atoms with Crippen LogP contribution in [0.2, 0.25) is 0 Å². The van der Waals surface area contributed by atoms with Crippen molar-refractivity contribution in [3.63, 3.8) is 0 Å². The number of nitrogens with zero attached hydrogens (tertiary/aromatic N) is 3. The van der Waals surface area contributed by atoms with Crippen molar-refractivity contribution in [3.8, 4) is 10.7 Å². The maximum Gasteiger partial charge on any atom is 0.224 e. The molecule has 1 amide bonds. The molecule has 0 aliphatic rings. The van der Waals surface area contributed by atoms with Crippen LogP contribution in [0.1, 0.15) is 37.6 Å². The van der Waals surface area contributed by atoms with Crippen LogP contribution in [0.3, 0.4) is 0 Å². The minimum atomic E-state index is -0.0184. The number of rotatable bonds is 9.